The molecule has 0 fully saturated rings. The molecule has 0 bridgehead atoms. The molecule has 5 nitrogen and oxygen atoms in total. The van der Waals surface area contributed by atoms with Crippen molar-refractivity contribution in [2.24, 2.45) is 12.5 Å². The van der Waals surface area contributed by atoms with Gasteiger partial charge in [0.2, 0.25) is 0 Å². The maximum Gasteiger partial charge on any atom is 0.163 e. The van der Waals surface area contributed by atoms with Crippen LogP contribution in [0, 0.1) is 16.7 Å². The molecule has 1 aromatic carbocycles. The van der Waals surface area contributed by atoms with Crippen LogP contribution in [-0.4, -0.2) is 21.3 Å². The molecular weight excluding hydrogens is 262 g/mol. The number of rotatable bonds is 6. The summed E-state index contributed by atoms with van der Waals surface area (Å²) in [5.41, 5.74) is 2.19. The monoisotopic (exact) mass is 283 g/mol. The van der Waals surface area contributed by atoms with Crippen molar-refractivity contribution in [3.63, 3.8) is 0 Å². The highest BCUT2D eigenvalue weighted by atomic mass is 15.2. The van der Waals surface area contributed by atoms with Gasteiger partial charge in [0.25, 0.3) is 0 Å². The Morgan fingerprint density at radius 1 is 1.38 bits per heavy atom. The third kappa shape index (κ3) is 4.06. The van der Waals surface area contributed by atoms with Crippen molar-refractivity contribution in [3.8, 4) is 17.5 Å². The SMILES string of the molecule is Cn1cnnc1-c1cccc(NCC(C)(C)CCC#N)c1. The molecule has 1 aromatic heterocycles. The number of benzene rings is 1. The van der Waals surface area contributed by atoms with E-state index in [1.54, 1.807) is 6.33 Å². The number of nitrogens with one attached hydrogen (secondary N) is 1. The largest absolute Gasteiger partial charge is 0.384 e. The van der Waals surface area contributed by atoms with Crippen molar-refractivity contribution in [2.45, 2.75) is 26.7 Å². The Morgan fingerprint density at radius 2 is 2.19 bits per heavy atom. The molecule has 0 radical (unpaired) electrons. The molecule has 0 saturated heterocycles. The first-order chi connectivity index (χ1) is 10.0. The topological polar surface area (TPSA) is 66.5 Å². The van der Waals surface area contributed by atoms with E-state index in [2.05, 4.69) is 41.5 Å². The molecule has 0 amide bonds. The van der Waals surface area contributed by atoms with Gasteiger partial charge in [0.1, 0.15) is 6.33 Å². The second kappa shape index (κ2) is 6.40. The molecular formula is C16H21N5. The van der Waals surface area contributed by atoms with Gasteiger partial charge in [-0.1, -0.05) is 26.0 Å². The van der Waals surface area contributed by atoms with E-state index in [9.17, 15) is 0 Å². The van der Waals surface area contributed by atoms with Crippen LogP contribution < -0.4 is 5.32 Å². The van der Waals surface area contributed by atoms with Crippen LogP contribution in [0.5, 0.6) is 0 Å². The first-order valence-corrected chi connectivity index (χ1v) is 7.07. The zero-order chi connectivity index (χ0) is 15.3. The van der Waals surface area contributed by atoms with Gasteiger partial charge in [0, 0.05) is 31.3 Å². The second-order valence-electron chi connectivity index (χ2n) is 6.02. The van der Waals surface area contributed by atoms with Crippen LogP contribution in [0.1, 0.15) is 26.7 Å². The summed E-state index contributed by atoms with van der Waals surface area (Å²) >= 11 is 0. The minimum Gasteiger partial charge on any atom is -0.384 e. The molecule has 1 heterocycles. The van der Waals surface area contributed by atoms with Crippen LogP contribution in [0.4, 0.5) is 5.69 Å². The Balaban J connectivity index is 2.06. The maximum absolute atomic E-state index is 8.70. The molecule has 0 aliphatic carbocycles. The fraction of sp³-hybridized carbons (Fsp3) is 0.438. The van der Waals surface area contributed by atoms with Crippen molar-refractivity contribution < 1.29 is 0 Å². The summed E-state index contributed by atoms with van der Waals surface area (Å²) in [7, 11) is 1.93. The highest BCUT2D eigenvalue weighted by Crippen LogP contribution is 2.24. The smallest absolute Gasteiger partial charge is 0.163 e. The fourth-order valence-corrected chi connectivity index (χ4v) is 2.14. The third-order valence-corrected chi connectivity index (χ3v) is 3.52. The molecule has 0 aliphatic rings. The highest BCUT2D eigenvalue weighted by Gasteiger charge is 2.17. The van der Waals surface area contributed by atoms with Crippen LogP contribution in [0.3, 0.4) is 0 Å². The summed E-state index contributed by atoms with van der Waals surface area (Å²) in [5.74, 6) is 0.849. The number of hydrogen-bond donors (Lipinski definition) is 1. The lowest BCUT2D eigenvalue weighted by molar-refractivity contribution is 0.364. The number of aromatic nitrogens is 3. The van der Waals surface area contributed by atoms with E-state index in [0.29, 0.717) is 6.42 Å². The first kappa shape index (κ1) is 15.0. The van der Waals surface area contributed by atoms with Crippen molar-refractivity contribution in [2.75, 3.05) is 11.9 Å². The standard InChI is InChI=1S/C16H21N5/c1-16(2,8-5-9-17)11-18-14-7-4-6-13(10-14)15-20-19-12-21(15)3/h4,6-7,10,12,18H,5,8,11H2,1-3H3. The molecule has 2 rings (SSSR count). The summed E-state index contributed by atoms with van der Waals surface area (Å²) in [6, 6.07) is 10.4. The lowest BCUT2D eigenvalue weighted by Crippen LogP contribution is -2.22. The van der Waals surface area contributed by atoms with Crippen LogP contribution in [-0.2, 0) is 7.05 Å². The summed E-state index contributed by atoms with van der Waals surface area (Å²) in [4.78, 5) is 0. The number of aryl methyl sites for hydroxylation is 1. The van der Waals surface area contributed by atoms with E-state index < -0.39 is 0 Å². The zero-order valence-corrected chi connectivity index (χ0v) is 12.8. The Morgan fingerprint density at radius 3 is 2.86 bits per heavy atom. The molecule has 1 N–H and O–H groups in total. The number of nitriles is 1. The summed E-state index contributed by atoms with van der Waals surface area (Å²) in [6.07, 6.45) is 3.17. The zero-order valence-electron chi connectivity index (χ0n) is 12.8. The van der Waals surface area contributed by atoms with E-state index in [0.717, 1.165) is 30.0 Å². The van der Waals surface area contributed by atoms with E-state index in [1.807, 2.05) is 29.8 Å². The van der Waals surface area contributed by atoms with Gasteiger partial charge in [0.05, 0.1) is 6.07 Å². The first-order valence-electron chi connectivity index (χ1n) is 7.07. The van der Waals surface area contributed by atoms with Crippen molar-refractivity contribution in [3.05, 3.63) is 30.6 Å². The van der Waals surface area contributed by atoms with Crippen LogP contribution in [0.2, 0.25) is 0 Å². The van der Waals surface area contributed by atoms with Crippen molar-refractivity contribution >= 4 is 5.69 Å². The summed E-state index contributed by atoms with van der Waals surface area (Å²) in [6.45, 7) is 5.17. The Kier molecular flexibility index (Phi) is 4.59. The lowest BCUT2D eigenvalue weighted by atomic mass is 9.88. The normalized spacial score (nSPS) is 11.1. The lowest BCUT2D eigenvalue weighted by Gasteiger charge is -2.24. The minimum absolute atomic E-state index is 0.0938. The van der Waals surface area contributed by atoms with Gasteiger partial charge >= 0.3 is 0 Å². The quantitative estimate of drug-likeness (QED) is 0.884. The molecule has 110 valence electrons. The van der Waals surface area contributed by atoms with Crippen LogP contribution in [0.25, 0.3) is 11.4 Å². The van der Waals surface area contributed by atoms with Gasteiger partial charge in [-0.05, 0) is 24.0 Å². The molecule has 0 unspecified atom stereocenters. The Labute approximate surface area is 125 Å². The van der Waals surface area contributed by atoms with Crippen LogP contribution >= 0.6 is 0 Å². The van der Waals surface area contributed by atoms with E-state index >= 15 is 0 Å². The number of nitrogens with zero attached hydrogens (tertiary/aromatic N) is 4. The van der Waals surface area contributed by atoms with Crippen molar-refractivity contribution in [1.82, 2.24) is 14.8 Å². The Hall–Kier alpha value is -2.35. The molecule has 2 aromatic rings. The average Bonchev–Trinajstić information content (AvgIpc) is 2.90. The molecule has 0 spiro atoms. The van der Waals surface area contributed by atoms with Crippen LogP contribution in [0.15, 0.2) is 30.6 Å². The second-order valence-corrected chi connectivity index (χ2v) is 6.02. The molecule has 21 heavy (non-hydrogen) atoms. The van der Waals surface area contributed by atoms with Gasteiger partial charge in [-0.25, -0.2) is 0 Å². The predicted molar refractivity (Wildman–Crippen MR) is 83.6 cm³/mol. The minimum atomic E-state index is 0.0938. The molecule has 0 saturated carbocycles. The van der Waals surface area contributed by atoms with Gasteiger partial charge in [-0.15, -0.1) is 10.2 Å². The number of anilines is 1. The Bertz CT molecular complexity index is 636. The molecule has 5 heteroatoms. The van der Waals surface area contributed by atoms with E-state index in [-0.39, 0.29) is 5.41 Å². The van der Waals surface area contributed by atoms with E-state index in [1.165, 1.54) is 0 Å². The summed E-state index contributed by atoms with van der Waals surface area (Å²) in [5, 5.41) is 20.2. The summed E-state index contributed by atoms with van der Waals surface area (Å²) < 4.78 is 1.90. The highest BCUT2D eigenvalue weighted by molar-refractivity contribution is 5.62. The van der Waals surface area contributed by atoms with Gasteiger partial charge in [-0.2, -0.15) is 5.26 Å². The fourth-order valence-electron chi connectivity index (χ4n) is 2.14. The predicted octanol–water partition coefficient (Wildman–Crippen LogP) is 3.22. The van der Waals surface area contributed by atoms with Gasteiger partial charge < -0.3 is 9.88 Å². The molecule has 0 atom stereocenters. The molecule has 0 aliphatic heterocycles. The van der Waals surface area contributed by atoms with Gasteiger partial charge in [-0.3, -0.25) is 0 Å². The average molecular weight is 283 g/mol. The number of hydrogen-bond acceptors (Lipinski definition) is 4. The maximum atomic E-state index is 8.70. The third-order valence-electron chi connectivity index (χ3n) is 3.52. The van der Waals surface area contributed by atoms with Crippen molar-refractivity contribution in [1.29, 1.82) is 5.26 Å². The van der Waals surface area contributed by atoms with E-state index in [4.69, 9.17) is 5.26 Å². The van der Waals surface area contributed by atoms with Gasteiger partial charge in [0.15, 0.2) is 5.82 Å².